The van der Waals surface area contributed by atoms with E-state index in [4.69, 9.17) is 18.9 Å². The van der Waals surface area contributed by atoms with E-state index in [1.165, 1.54) is 12.0 Å². The Labute approximate surface area is 217 Å². The minimum absolute atomic E-state index is 0.0442. The van der Waals surface area contributed by atoms with Gasteiger partial charge in [-0.3, -0.25) is 14.5 Å². The van der Waals surface area contributed by atoms with Gasteiger partial charge in [0.15, 0.2) is 11.5 Å². The first-order valence-corrected chi connectivity index (χ1v) is 12.4. The van der Waals surface area contributed by atoms with Gasteiger partial charge in [0.25, 0.3) is 11.7 Å². The van der Waals surface area contributed by atoms with E-state index in [0.717, 1.165) is 18.7 Å². The largest absolute Gasteiger partial charge is 0.507 e. The van der Waals surface area contributed by atoms with Crippen molar-refractivity contribution < 1.29 is 33.6 Å². The quantitative estimate of drug-likeness (QED) is 0.312. The molecule has 2 fully saturated rings. The number of methoxy groups -OCH3 is 2. The van der Waals surface area contributed by atoms with Crippen molar-refractivity contribution in [2.75, 3.05) is 60.2 Å². The number of carbonyl (C=O) groups is 2. The van der Waals surface area contributed by atoms with Gasteiger partial charge in [0.2, 0.25) is 0 Å². The first-order chi connectivity index (χ1) is 17.9. The second kappa shape index (κ2) is 11.7. The van der Waals surface area contributed by atoms with E-state index < -0.39 is 17.7 Å². The van der Waals surface area contributed by atoms with Crippen LogP contribution in [0.25, 0.3) is 5.76 Å². The predicted octanol–water partition coefficient (Wildman–Crippen LogP) is 3.16. The van der Waals surface area contributed by atoms with E-state index in [-0.39, 0.29) is 11.3 Å². The van der Waals surface area contributed by atoms with E-state index >= 15 is 0 Å². The maximum Gasteiger partial charge on any atom is 0.295 e. The monoisotopic (exact) mass is 510 g/mol. The van der Waals surface area contributed by atoms with Crippen molar-refractivity contribution in [3.63, 3.8) is 0 Å². The highest BCUT2D eigenvalue weighted by Gasteiger charge is 2.46. The van der Waals surface area contributed by atoms with Crippen LogP contribution in [-0.2, 0) is 14.3 Å². The first kappa shape index (κ1) is 26.5. The Bertz CT molecular complexity index is 1190. The molecule has 198 valence electrons. The second-order valence-corrected chi connectivity index (χ2v) is 8.97. The SMILES string of the molecule is CCOc1ccc([C@@H]2C(=C(O)c3ccc(OC)c(C)c3)C(=O)C(=O)N2CCN2CCOCC2)cc1OC. The zero-order chi connectivity index (χ0) is 26.5. The summed E-state index contributed by atoms with van der Waals surface area (Å²) >= 11 is 0. The average Bonchev–Trinajstić information content (AvgIpc) is 3.17. The molecule has 0 spiro atoms. The lowest BCUT2D eigenvalue weighted by atomic mass is 9.94. The molecular weight excluding hydrogens is 476 g/mol. The Kier molecular flexibility index (Phi) is 8.35. The van der Waals surface area contributed by atoms with Crippen LogP contribution in [0.1, 0.15) is 29.7 Å². The molecule has 1 atom stereocenters. The highest BCUT2D eigenvalue weighted by Crippen LogP contribution is 2.42. The standard InChI is InChI=1S/C28H34N2O7/c1-5-37-22-9-6-19(17-23(22)35-4)25-24(26(31)20-7-8-21(34-3)18(2)16-20)27(32)28(33)30(25)11-10-29-12-14-36-15-13-29/h6-9,16-17,25,31H,5,10-15H2,1-4H3/t25-/m1/s1. The van der Waals surface area contributed by atoms with Crippen molar-refractivity contribution in [2.45, 2.75) is 19.9 Å². The Morgan fingerprint density at radius 1 is 1.00 bits per heavy atom. The van der Waals surface area contributed by atoms with Crippen LogP contribution < -0.4 is 14.2 Å². The molecule has 4 rings (SSSR count). The van der Waals surface area contributed by atoms with Gasteiger partial charge in [-0.2, -0.15) is 0 Å². The highest BCUT2D eigenvalue weighted by molar-refractivity contribution is 6.46. The van der Waals surface area contributed by atoms with Gasteiger partial charge in [0, 0.05) is 31.7 Å². The van der Waals surface area contributed by atoms with Crippen LogP contribution >= 0.6 is 0 Å². The van der Waals surface area contributed by atoms with Crippen LogP contribution in [0.2, 0.25) is 0 Å². The number of carbonyl (C=O) groups excluding carboxylic acids is 2. The molecule has 2 saturated heterocycles. The maximum atomic E-state index is 13.4. The zero-order valence-electron chi connectivity index (χ0n) is 21.8. The van der Waals surface area contributed by atoms with Crippen LogP contribution in [-0.4, -0.2) is 86.8 Å². The van der Waals surface area contributed by atoms with Crippen LogP contribution in [0.5, 0.6) is 17.2 Å². The molecule has 9 nitrogen and oxygen atoms in total. The summed E-state index contributed by atoms with van der Waals surface area (Å²) in [5, 5.41) is 11.4. The van der Waals surface area contributed by atoms with E-state index in [2.05, 4.69) is 4.90 Å². The summed E-state index contributed by atoms with van der Waals surface area (Å²) in [6, 6.07) is 9.69. The fraction of sp³-hybridized carbons (Fsp3) is 0.429. The molecule has 0 unspecified atom stereocenters. The van der Waals surface area contributed by atoms with Gasteiger partial charge in [-0.25, -0.2) is 0 Å². The van der Waals surface area contributed by atoms with Crippen LogP contribution in [0.4, 0.5) is 0 Å². The van der Waals surface area contributed by atoms with E-state index in [1.807, 2.05) is 13.8 Å². The Morgan fingerprint density at radius 3 is 2.35 bits per heavy atom. The topological polar surface area (TPSA) is 97.8 Å². The first-order valence-electron chi connectivity index (χ1n) is 12.4. The van der Waals surface area contributed by atoms with Crippen LogP contribution in [0.3, 0.4) is 0 Å². The van der Waals surface area contributed by atoms with Crippen molar-refractivity contribution >= 4 is 17.4 Å². The number of hydrogen-bond donors (Lipinski definition) is 1. The third-order valence-electron chi connectivity index (χ3n) is 6.77. The Morgan fingerprint density at radius 2 is 1.70 bits per heavy atom. The molecule has 1 amide bonds. The van der Waals surface area contributed by atoms with Crippen LogP contribution in [0.15, 0.2) is 42.0 Å². The molecule has 0 aromatic heterocycles. The minimum atomic E-state index is -0.784. The molecule has 0 bridgehead atoms. The van der Waals surface area contributed by atoms with Crippen molar-refractivity contribution in [1.82, 2.24) is 9.80 Å². The summed E-state index contributed by atoms with van der Waals surface area (Å²) in [6.45, 7) is 7.89. The summed E-state index contributed by atoms with van der Waals surface area (Å²) in [6.07, 6.45) is 0. The lowest BCUT2D eigenvalue weighted by Crippen LogP contribution is -2.42. The molecule has 1 N–H and O–H groups in total. The van der Waals surface area contributed by atoms with Gasteiger partial charge in [0.1, 0.15) is 11.5 Å². The van der Waals surface area contributed by atoms with E-state index in [0.29, 0.717) is 61.3 Å². The molecule has 0 radical (unpaired) electrons. The van der Waals surface area contributed by atoms with Crippen molar-refractivity contribution in [3.05, 3.63) is 58.7 Å². The van der Waals surface area contributed by atoms with Crippen molar-refractivity contribution in [1.29, 1.82) is 0 Å². The van der Waals surface area contributed by atoms with Crippen molar-refractivity contribution in [2.24, 2.45) is 0 Å². The van der Waals surface area contributed by atoms with E-state index in [1.54, 1.807) is 43.5 Å². The van der Waals surface area contributed by atoms with Gasteiger partial charge in [-0.15, -0.1) is 0 Å². The van der Waals surface area contributed by atoms with Gasteiger partial charge in [-0.05, 0) is 55.3 Å². The molecule has 9 heteroatoms. The number of aliphatic hydroxyl groups is 1. The molecule has 37 heavy (non-hydrogen) atoms. The number of hydrogen-bond acceptors (Lipinski definition) is 8. The third-order valence-corrected chi connectivity index (χ3v) is 6.77. The lowest BCUT2D eigenvalue weighted by Gasteiger charge is -2.31. The molecule has 2 heterocycles. The molecule has 2 aromatic carbocycles. The summed E-state index contributed by atoms with van der Waals surface area (Å²) in [4.78, 5) is 30.4. The summed E-state index contributed by atoms with van der Waals surface area (Å²) in [5.41, 5.74) is 1.93. The number of likely N-dealkylation sites (tertiary alicyclic amines) is 1. The molecule has 0 saturated carbocycles. The number of ether oxygens (including phenoxy) is 4. The Balaban J connectivity index is 1.79. The number of nitrogens with zero attached hydrogens (tertiary/aromatic N) is 2. The third kappa shape index (κ3) is 5.42. The number of ketones is 1. The minimum Gasteiger partial charge on any atom is -0.507 e. The number of amides is 1. The van der Waals surface area contributed by atoms with E-state index in [9.17, 15) is 14.7 Å². The lowest BCUT2D eigenvalue weighted by molar-refractivity contribution is -0.140. The number of Topliss-reactive ketones (excluding diaryl/α,β-unsaturated/α-hetero) is 1. The second-order valence-electron chi connectivity index (χ2n) is 8.97. The number of aryl methyl sites for hydroxylation is 1. The predicted molar refractivity (Wildman–Crippen MR) is 138 cm³/mol. The summed E-state index contributed by atoms with van der Waals surface area (Å²) < 4.78 is 22.0. The molecule has 2 aliphatic rings. The van der Waals surface area contributed by atoms with Gasteiger partial charge in [-0.1, -0.05) is 6.07 Å². The Hall–Kier alpha value is -3.56. The van der Waals surface area contributed by atoms with Gasteiger partial charge in [0.05, 0.1) is 45.7 Å². The smallest absolute Gasteiger partial charge is 0.295 e. The number of rotatable bonds is 9. The summed E-state index contributed by atoms with van der Waals surface area (Å²) in [7, 11) is 3.11. The molecule has 2 aliphatic heterocycles. The molecule has 2 aromatic rings. The fourth-order valence-corrected chi connectivity index (χ4v) is 4.84. The fourth-order valence-electron chi connectivity index (χ4n) is 4.84. The number of morpholine rings is 1. The molecule has 0 aliphatic carbocycles. The average molecular weight is 511 g/mol. The van der Waals surface area contributed by atoms with Crippen LogP contribution in [0, 0.1) is 6.92 Å². The summed E-state index contributed by atoms with van der Waals surface area (Å²) in [5.74, 6) is 0.123. The van der Waals surface area contributed by atoms with Crippen molar-refractivity contribution in [3.8, 4) is 17.2 Å². The maximum absolute atomic E-state index is 13.4. The number of aliphatic hydroxyl groups excluding tert-OH is 1. The zero-order valence-corrected chi connectivity index (χ0v) is 21.8. The van der Waals surface area contributed by atoms with Gasteiger partial charge < -0.3 is 29.0 Å². The normalized spacial score (nSPS) is 19.8. The molecular formula is C28H34N2O7. The highest BCUT2D eigenvalue weighted by atomic mass is 16.5. The van der Waals surface area contributed by atoms with Gasteiger partial charge >= 0.3 is 0 Å². The number of benzene rings is 2.